The molecule has 0 saturated heterocycles. The Balaban J connectivity index is 1.29. The van der Waals surface area contributed by atoms with Crippen molar-refractivity contribution in [2.75, 3.05) is 5.32 Å². The highest BCUT2D eigenvalue weighted by atomic mass is 35.5. The van der Waals surface area contributed by atoms with Gasteiger partial charge < -0.3 is 14.8 Å². The van der Waals surface area contributed by atoms with Crippen LogP contribution in [0.2, 0.25) is 10.0 Å². The maximum Gasteiger partial charge on any atom is 0.143 e. The van der Waals surface area contributed by atoms with Crippen LogP contribution in [-0.4, -0.2) is 0 Å². The van der Waals surface area contributed by atoms with E-state index in [4.69, 9.17) is 32.7 Å². The molecular weight excluding hydrogens is 477 g/mol. The van der Waals surface area contributed by atoms with Crippen LogP contribution in [0.4, 0.5) is 5.69 Å². The topological polar surface area (TPSA) is 30.5 Å². The van der Waals surface area contributed by atoms with E-state index in [0.29, 0.717) is 28.9 Å². The van der Waals surface area contributed by atoms with Crippen molar-refractivity contribution in [3.8, 4) is 17.2 Å². The normalized spacial score (nSPS) is 10.8. The maximum atomic E-state index is 6.54. The smallest absolute Gasteiger partial charge is 0.143 e. The number of hydrogen-bond donors (Lipinski definition) is 1. The molecule has 35 heavy (non-hydrogen) atoms. The summed E-state index contributed by atoms with van der Waals surface area (Å²) in [7, 11) is 0. The van der Waals surface area contributed by atoms with Crippen molar-refractivity contribution >= 4 is 39.7 Å². The zero-order chi connectivity index (χ0) is 24.0. The molecule has 0 spiro atoms. The number of anilines is 1. The summed E-state index contributed by atoms with van der Waals surface area (Å²) in [4.78, 5) is 0. The summed E-state index contributed by atoms with van der Waals surface area (Å²) in [5, 5.41) is 6.82. The van der Waals surface area contributed by atoms with Crippen molar-refractivity contribution in [2.45, 2.75) is 13.2 Å². The molecular formula is C30H23Cl2NO2. The number of para-hydroxylation sites is 1. The van der Waals surface area contributed by atoms with Crippen molar-refractivity contribution in [3.63, 3.8) is 0 Å². The zero-order valence-corrected chi connectivity index (χ0v) is 20.4. The van der Waals surface area contributed by atoms with Crippen molar-refractivity contribution in [3.05, 3.63) is 130 Å². The summed E-state index contributed by atoms with van der Waals surface area (Å²) in [6.45, 7) is 0.908. The average molecular weight is 500 g/mol. The summed E-state index contributed by atoms with van der Waals surface area (Å²) >= 11 is 12.9. The lowest BCUT2D eigenvalue weighted by molar-refractivity contribution is 0.305. The van der Waals surface area contributed by atoms with Gasteiger partial charge in [-0.25, -0.2) is 0 Å². The monoisotopic (exact) mass is 499 g/mol. The quantitative estimate of drug-likeness (QED) is 0.230. The molecule has 5 heteroatoms. The van der Waals surface area contributed by atoms with Gasteiger partial charge in [-0.15, -0.1) is 0 Å². The van der Waals surface area contributed by atoms with Gasteiger partial charge in [-0.1, -0.05) is 83.9 Å². The molecule has 5 aromatic carbocycles. The van der Waals surface area contributed by atoms with E-state index in [0.717, 1.165) is 33.7 Å². The minimum Gasteiger partial charge on any atom is -0.487 e. The van der Waals surface area contributed by atoms with Crippen LogP contribution in [0.1, 0.15) is 11.1 Å². The SMILES string of the molecule is Clc1cc(Cl)c(OCc2cccc3ccccc23)c(CNc2ccc(Oc3ccccc3)cc2)c1. The Morgan fingerprint density at radius 3 is 2.20 bits per heavy atom. The second-order valence-electron chi connectivity index (χ2n) is 8.10. The van der Waals surface area contributed by atoms with E-state index in [1.807, 2.05) is 78.9 Å². The van der Waals surface area contributed by atoms with Gasteiger partial charge >= 0.3 is 0 Å². The van der Waals surface area contributed by atoms with Crippen LogP contribution in [0.15, 0.2) is 109 Å². The Labute approximate surface area is 214 Å². The molecule has 0 unspecified atom stereocenters. The fraction of sp³-hybridized carbons (Fsp3) is 0.0667. The van der Waals surface area contributed by atoms with Gasteiger partial charge in [-0.05, 0) is 64.9 Å². The van der Waals surface area contributed by atoms with E-state index in [1.165, 1.54) is 5.39 Å². The number of rotatable bonds is 8. The second kappa shape index (κ2) is 10.7. The van der Waals surface area contributed by atoms with Crippen LogP contribution in [0.25, 0.3) is 10.8 Å². The molecule has 0 bridgehead atoms. The zero-order valence-electron chi connectivity index (χ0n) is 18.9. The molecule has 0 amide bonds. The van der Waals surface area contributed by atoms with Crippen LogP contribution in [0.5, 0.6) is 17.2 Å². The van der Waals surface area contributed by atoms with Crippen molar-refractivity contribution in [2.24, 2.45) is 0 Å². The van der Waals surface area contributed by atoms with Gasteiger partial charge in [0.15, 0.2) is 0 Å². The lowest BCUT2D eigenvalue weighted by atomic mass is 10.1. The first-order chi connectivity index (χ1) is 17.2. The van der Waals surface area contributed by atoms with Gasteiger partial charge in [-0.3, -0.25) is 0 Å². The molecule has 0 aliphatic rings. The van der Waals surface area contributed by atoms with E-state index < -0.39 is 0 Å². The van der Waals surface area contributed by atoms with Crippen LogP contribution < -0.4 is 14.8 Å². The first-order valence-electron chi connectivity index (χ1n) is 11.3. The number of benzene rings is 5. The van der Waals surface area contributed by atoms with Gasteiger partial charge in [-0.2, -0.15) is 0 Å². The van der Waals surface area contributed by atoms with E-state index in [1.54, 1.807) is 6.07 Å². The molecule has 0 atom stereocenters. The first kappa shape index (κ1) is 23.1. The molecule has 0 aromatic heterocycles. The lowest BCUT2D eigenvalue weighted by Gasteiger charge is -2.16. The molecule has 1 N–H and O–H groups in total. The standard InChI is InChI=1S/C30H23Cl2NO2/c31-24-17-23(19-33-25-13-15-27(16-14-25)35-26-10-2-1-3-11-26)30(29(32)18-24)34-20-22-9-6-8-21-7-4-5-12-28(21)22/h1-18,33H,19-20H2. The molecule has 3 nitrogen and oxygen atoms in total. The van der Waals surface area contributed by atoms with Crippen LogP contribution in [0, 0.1) is 0 Å². The Hall–Kier alpha value is -3.66. The van der Waals surface area contributed by atoms with Gasteiger partial charge in [0.2, 0.25) is 0 Å². The fourth-order valence-electron chi connectivity index (χ4n) is 3.94. The van der Waals surface area contributed by atoms with Crippen LogP contribution >= 0.6 is 23.2 Å². The van der Waals surface area contributed by atoms with E-state index in [-0.39, 0.29) is 0 Å². The fourth-order valence-corrected chi connectivity index (χ4v) is 4.53. The minimum absolute atomic E-state index is 0.404. The Morgan fingerprint density at radius 2 is 1.37 bits per heavy atom. The summed E-state index contributed by atoms with van der Waals surface area (Å²) in [5.41, 5.74) is 2.93. The number of halogens is 2. The van der Waals surface area contributed by atoms with Gasteiger partial charge in [0.05, 0.1) is 5.02 Å². The highest BCUT2D eigenvalue weighted by Crippen LogP contribution is 2.34. The van der Waals surface area contributed by atoms with E-state index in [9.17, 15) is 0 Å². The third-order valence-corrected chi connectivity index (χ3v) is 6.15. The summed E-state index contributed by atoms with van der Waals surface area (Å²) < 4.78 is 12.1. The highest BCUT2D eigenvalue weighted by Gasteiger charge is 2.12. The molecule has 0 aliphatic carbocycles. The molecule has 5 aromatic rings. The number of ether oxygens (including phenoxy) is 2. The van der Waals surface area contributed by atoms with Crippen LogP contribution in [-0.2, 0) is 13.2 Å². The number of hydrogen-bond acceptors (Lipinski definition) is 3. The average Bonchev–Trinajstić information content (AvgIpc) is 2.88. The summed E-state index contributed by atoms with van der Waals surface area (Å²) in [5.74, 6) is 2.20. The molecule has 5 rings (SSSR count). The lowest BCUT2D eigenvalue weighted by Crippen LogP contribution is -2.05. The first-order valence-corrected chi connectivity index (χ1v) is 12.1. The highest BCUT2D eigenvalue weighted by molar-refractivity contribution is 6.35. The Bertz CT molecular complexity index is 1430. The molecule has 0 aliphatic heterocycles. The van der Waals surface area contributed by atoms with Crippen molar-refractivity contribution < 1.29 is 9.47 Å². The molecule has 0 saturated carbocycles. The molecule has 0 fully saturated rings. The Morgan fingerprint density at radius 1 is 0.657 bits per heavy atom. The second-order valence-corrected chi connectivity index (χ2v) is 8.94. The summed E-state index contributed by atoms with van der Waals surface area (Å²) in [6, 6.07) is 35.6. The van der Waals surface area contributed by atoms with Crippen LogP contribution in [0.3, 0.4) is 0 Å². The van der Waals surface area contributed by atoms with Crippen molar-refractivity contribution in [1.82, 2.24) is 0 Å². The van der Waals surface area contributed by atoms with Gasteiger partial charge in [0.25, 0.3) is 0 Å². The predicted octanol–water partition coefficient (Wildman–Crippen LogP) is 9.13. The molecule has 0 radical (unpaired) electrons. The number of nitrogens with one attached hydrogen (secondary N) is 1. The molecule has 0 heterocycles. The Kier molecular flexibility index (Phi) is 7.08. The third kappa shape index (κ3) is 5.71. The minimum atomic E-state index is 0.404. The molecule has 174 valence electrons. The van der Waals surface area contributed by atoms with Crippen molar-refractivity contribution in [1.29, 1.82) is 0 Å². The van der Waals surface area contributed by atoms with E-state index >= 15 is 0 Å². The van der Waals surface area contributed by atoms with Gasteiger partial charge in [0.1, 0.15) is 23.9 Å². The predicted molar refractivity (Wildman–Crippen MR) is 145 cm³/mol. The maximum absolute atomic E-state index is 6.54. The van der Waals surface area contributed by atoms with E-state index in [2.05, 4.69) is 29.6 Å². The summed E-state index contributed by atoms with van der Waals surface area (Å²) in [6.07, 6.45) is 0. The third-order valence-electron chi connectivity index (χ3n) is 5.65. The van der Waals surface area contributed by atoms with Gasteiger partial charge in [0, 0.05) is 22.8 Å². The number of fused-ring (bicyclic) bond motifs is 1. The largest absolute Gasteiger partial charge is 0.487 e.